The maximum atomic E-state index is 12.5. The lowest BCUT2D eigenvalue weighted by atomic mass is 9.85. The maximum absolute atomic E-state index is 12.5. The Balaban J connectivity index is 2.01. The second-order valence-electron chi connectivity index (χ2n) is 5.90. The van der Waals surface area contributed by atoms with E-state index in [1.807, 2.05) is 0 Å². The molecule has 1 aliphatic carbocycles. The van der Waals surface area contributed by atoms with Crippen molar-refractivity contribution in [1.82, 2.24) is 4.90 Å². The van der Waals surface area contributed by atoms with Crippen molar-refractivity contribution in [3.05, 3.63) is 0 Å². The van der Waals surface area contributed by atoms with Crippen LogP contribution in [-0.2, 0) is 9.53 Å². The molecule has 0 unspecified atom stereocenters. The number of ether oxygens (including phenoxy) is 1. The lowest BCUT2D eigenvalue weighted by Gasteiger charge is -2.37. The van der Waals surface area contributed by atoms with Crippen molar-refractivity contribution in [2.45, 2.75) is 44.1 Å². The molecule has 2 aliphatic rings. The molecule has 19 heavy (non-hydrogen) atoms. The van der Waals surface area contributed by atoms with Crippen LogP contribution in [0.2, 0.25) is 0 Å². The number of aliphatic hydroxyl groups is 1. The van der Waals surface area contributed by atoms with Crippen LogP contribution >= 0.6 is 0 Å². The molecule has 0 aromatic rings. The Kier molecular flexibility index (Phi) is 4.12. The highest BCUT2D eigenvalue weighted by atomic mass is 16.5. The van der Waals surface area contributed by atoms with Crippen molar-refractivity contribution >= 4 is 5.91 Å². The first kappa shape index (κ1) is 14.3. The molecule has 106 valence electrons. The molecular formula is C14H22N2O3. The molecule has 0 atom stereocenters. The molecule has 1 saturated carbocycles. The quantitative estimate of drug-likeness (QED) is 0.829. The number of likely N-dealkylation sites (N-methyl/N-ethyl adjacent to an activating group) is 1. The highest BCUT2D eigenvalue weighted by molar-refractivity contribution is 5.85. The summed E-state index contributed by atoms with van der Waals surface area (Å²) in [5.74, 6) is -0.132. The van der Waals surface area contributed by atoms with Gasteiger partial charge in [0.2, 0.25) is 5.91 Å². The number of carbonyl (C=O) groups excluding carboxylic acids is 1. The van der Waals surface area contributed by atoms with Crippen molar-refractivity contribution in [2.75, 3.05) is 26.8 Å². The molecule has 2 fully saturated rings. The normalized spacial score (nSPS) is 24.7. The van der Waals surface area contributed by atoms with E-state index in [1.54, 1.807) is 11.9 Å². The van der Waals surface area contributed by atoms with E-state index in [0.29, 0.717) is 45.4 Å². The number of rotatable bonds is 3. The Morgan fingerprint density at radius 3 is 2.42 bits per heavy atom. The molecular weight excluding hydrogens is 244 g/mol. The van der Waals surface area contributed by atoms with Gasteiger partial charge in [-0.3, -0.25) is 4.79 Å². The van der Waals surface area contributed by atoms with Gasteiger partial charge < -0.3 is 14.7 Å². The zero-order valence-corrected chi connectivity index (χ0v) is 11.5. The number of nitriles is 1. The standard InChI is InChI=1S/C14H22N2O3/c1-16(11-14(18)6-8-19-9-7-14)12(17)13(10-15)4-2-3-5-13/h18H,2-9,11H2,1H3. The fraction of sp³-hybridized carbons (Fsp3) is 0.857. The summed E-state index contributed by atoms with van der Waals surface area (Å²) in [4.78, 5) is 14.0. The Morgan fingerprint density at radius 1 is 1.32 bits per heavy atom. The zero-order chi connectivity index (χ0) is 13.9. The van der Waals surface area contributed by atoms with Gasteiger partial charge in [-0.15, -0.1) is 0 Å². The van der Waals surface area contributed by atoms with Gasteiger partial charge >= 0.3 is 0 Å². The number of nitrogens with zero attached hydrogens (tertiary/aromatic N) is 2. The summed E-state index contributed by atoms with van der Waals surface area (Å²) in [6.45, 7) is 1.35. The van der Waals surface area contributed by atoms with Crippen molar-refractivity contribution in [3.8, 4) is 6.07 Å². The van der Waals surface area contributed by atoms with E-state index in [4.69, 9.17) is 4.74 Å². The average molecular weight is 266 g/mol. The van der Waals surface area contributed by atoms with Gasteiger partial charge in [0.05, 0.1) is 11.7 Å². The fourth-order valence-corrected chi connectivity index (χ4v) is 3.14. The molecule has 1 saturated heterocycles. The number of amides is 1. The van der Waals surface area contributed by atoms with E-state index in [1.165, 1.54) is 0 Å². The first-order valence-electron chi connectivity index (χ1n) is 6.98. The molecule has 0 aromatic heterocycles. The first-order valence-corrected chi connectivity index (χ1v) is 6.98. The van der Waals surface area contributed by atoms with Gasteiger partial charge in [0, 0.05) is 39.6 Å². The number of carbonyl (C=O) groups is 1. The summed E-state index contributed by atoms with van der Waals surface area (Å²) >= 11 is 0. The van der Waals surface area contributed by atoms with Crippen LogP contribution in [0.5, 0.6) is 0 Å². The molecule has 0 radical (unpaired) electrons. The Bertz CT molecular complexity index is 377. The first-order chi connectivity index (χ1) is 9.01. The highest BCUT2D eigenvalue weighted by Gasteiger charge is 2.44. The van der Waals surface area contributed by atoms with E-state index < -0.39 is 11.0 Å². The van der Waals surface area contributed by atoms with Crippen LogP contribution in [0, 0.1) is 16.7 Å². The molecule has 0 bridgehead atoms. The molecule has 5 heteroatoms. The predicted molar refractivity (Wildman–Crippen MR) is 69.2 cm³/mol. The lowest BCUT2D eigenvalue weighted by Crippen LogP contribution is -2.50. The van der Waals surface area contributed by atoms with E-state index in [2.05, 4.69) is 6.07 Å². The molecule has 1 heterocycles. The topological polar surface area (TPSA) is 73.6 Å². The minimum atomic E-state index is -0.863. The fourth-order valence-electron chi connectivity index (χ4n) is 3.14. The van der Waals surface area contributed by atoms with Crippen LogP contribution in [-0.4, -0.2) is 48.3 Å². The van der Waals surface area contributed by atoms with Gasteiger partial charge in [0.25, 0.3) is 0 Å². The summed E-state index contributed by atoms with van der Waals surface area (Å²) in [5.41, 5.74) is -1.71. The van der Waals surface area contributed by atoms with Gasteiger partial charge in [-0.1, -0.05) is 12.8 Å². The predicted octanol–water partition coefficient (Wildman–Crippen LogP) is 1.07. The SMILES string of the molecule is CN(CC1(O)CCOCC1)C(=O)C1(C#N)CCCC1. The van der Waals surface area contributed by atoms with E-state index in [-0.39, 0.29) is 5.91 Å². The van der Waals surface area contributed by atoms with Gasteiger partial charge in [0.1, 0.15) is 5.41 Å². The third-order valence-electron chi connectivity index (χ3n) is 4.38. The van der Waals surface area contributed by atoms with Crippen LogP contribution < -0.4 is 0 Å². The molecule has 0 spiro atoms. The van der Waals surface area contributed by atoms with Crippen molar-refractivity contribution < 1.29 is 14.6 Å². The Morgan fingerprint density at radius 2 is 1.89 bits per heavy atom. The third-order valence-corrected chi connectivity index (χ3v) is 4.38. The average Bonchev–Trinajstić information content (AvgIpc) is 2.88. The molecule has 2 rings (SSSR count). The molecule has 5 nitrogen and oxygen atoms in total. The van der Waals surface area contributed by atoms with Crippen molar-refractivity contribution in [1.29, 1.82) is 5.26 Å². The zero-order valence-electron chi connectivity index (χ0n) is 11.5. The van der Waals surface area contributed by atoms with Crippen LogP contribution in [0.1, 0.15) is 38.5 Å². The highest BCUT2D eigenvalue weighted by Crippen LogP contribution is 2.39. The molecule has 0 aromatic carbocycles. The van der Waals surface area contributed by atoms with Gasteiger partial charge in [-0.2, -0.15) is 5.26 Å². The number of hydrogen-bond donors (Lipinski definition) is 1. The third kappa shape index (κ3) is 2.90. The van der Waals surface area contributed by atoms with Gasteiger partial charge in [-0.05, 0) is 12.8 Å². The van der Waals surface area contributed by atoms with E-state index in [9.17, 15) is 15.2 Å². The second kappa shape index (κ2) is 5.48. The van der Waals surface area contributed by atoms with E-state index >= 15 is 0 Å². The Hall–Kier alpha value is -1.12. The minimum Gasteiger partial charge on any atom is -0.388 e. The summed E-state index contributed by atoms with van der Waals surface area (Å²) in [6.07, 6.45) is 4.26. The van der Waals surface area contributed by atoms with Crippen LogP contribution in [0.15, 0.2) is 0 Å². The monoisotopic (exact) mass is 266 g/mol. The largest absolute Gasteiger partial charge is 0.388 e. The van der Waals surface area contributed by atoms with Crippen LogP contribution in [0.4, 0.5) is 0 Å². The van der Waals surface area contributed by atoms with E-state index in [0.717, 1.165) is 12.8 Å². The van der Waals surface area contributed by atoms with Crippen molar-refractivity contribution in [3.63, 3.8) is 0 Å². The van der Waals surface area contributed by atoms with Gasteiger partial charge in [0.15, 0.2) is 0 Å². The number of hydrogen-bond acceptors (Lipinski definition) is 4. The molecule has 1 N–H and O–H groups in total. The summed E-state index contributed by atoms with van der Waals surface area (Å²) in [5, 5.41) is 19.8. The summed E-state index contributed by atoms with van der Waals surface area (Å²) in [7, 11) is 1.69. The second-order valence-corrected chi connectivity index (χ2v) is 5.90. The minimum absolute atomic E-state index is 0.132. The smallest absolute Gasteiger partial charge is 0.242 e. The lowest BCUT2D eigenvalue weighted by molar-refractivity contribution is -0.144. The molecule has 1 amide bonds. The van der Waals surface area contributed by atoms with Gasteiger partial charge in [-0.25, -0.2) is 0 Å². The summed E-state index contributed by atoms with van der Waals surface area (Å²) in [6, 6.07) is 2.21. The Labute approximate surface area is 114 Å². The maximum Gasteiger partial charge on any atom is 0.242 e. The van der Waals surface area contributed by atoms with Crippen LogP contribution in [0.25, 0.3) is 0 Å². The van der Waals surface area contributed by atoms with Crippen molar-refractivity contribution in [2.24, 2.45) is 5.41 Å². The summed E-state index contributed by atoms with van der Waals surface area (Å²) < 4.78 is 5.23. The van der Waals surface area contributed by atoms with Crippen LogP contribution in [0.3, 0.4) is 0 Å². The molecule has 1 aliphatic heterocycles.